The van der Waals surface area contributed by atoms with Gasteiger partial charge in [0, 0.05) is 24.0 Å². The number of halogens is 3. The second kappa shape index (κ2) is 8.73. The smallest absolute Gasteiger partial charge is 0.416 e. The fourth-order valence-electron chi connectivity index (χ4n) is 2.49. The average Bonchev–Trinajstić information content (AvgIpc) is 3.04. The number of aromatic nitrogens is 1. The van der Waals surface area contributed by atoms with Gasteiger partial charge < -0.3 is 10.1 Å². The zero-order chi connectivity index (χ0) is 20.1. The topological polar surface area (TPSA) is 51.2 Å². The summed E-state index contributed by atoms with van der Waals surface area (Å²) in [6.45, 7) is 5.31. The van der Waals surface area contributed by atoms with Gasteiger partial charge in [-0.05, 0) is 51.3 Å². The highest BCUT2D eigenvalue weighted by atomic mass is 32.1. The Kier molecular flexibility index (Phi) is 6.86. The fraction of sp³-hybridized carbons (Fsp3) is 0.474. The number of hydrogen-bond donors (Lipinski definition) is 1. The standard InChI is InChI=1S/C19H23F3N2O2S/c1-18(2,3)26-17(25)24-15(8-9-16-23-10-11-27-16)12-13-4-6-14(7-5-13)19(20,21)22/h4-7,10-11,15H,8-9,12H2,1-3H3,(H,24,25)/t15-/m1/s1. The number of aryl methyl sites for hydroxylation is 1. The van der Waals surface area contributed by atoms with Crippen LogP contribution in [0.4, 0.5) is 18.0 Å². The van der Waals surface area contributed by atoms with E-state index in [9.17, 15) is 18.0 Å². The molecule has 0 fully saturated rings. The molecule has 0 bridgehead atoms. The molecule has 2 aromatic rings. The van der Waals surface area contributed by atoms with Gasteiger partial charge in [0.1, 0.15) is 5.60 Å². The molecule has 0 aliphatic heterocycles. The number of nitrogens with one attached hydrogen (secondary N) is 1. The Morgan fingerprint density at radius 3 is 2.41 bits per heavy atom. The lowest BCUT2D eigenvalue weighted by atomic mass is 10.0. The van der Waals surface area contributed by atoms with Crippen LogP contribution in [0.1, 0.15) is 43.3 Å². The van der Waals surface area contributed by atoms with Crippen LogP contribution >= 0.6 is 11.3 Å². The maximum atomic E-state index is 12.7. The number of benzene rings is 1. The van der Waals surface area contributed by atoms with E-state index >= 15 is 0 Å². The zero-order valence-corrected chi connectivity index (χ0v) is 16.3. The van der Waals surface area contributed by atoms with Gasteiger partial charge in [0.05, 0.1) is 10.6 Å². The van der Waals surface area contributed by atoms with E-state index in [0.29, 0.717) is 24.8 Å². The van der Waals surface area contributed by atoms with Crippen molar-refractivity contribution < 1.29 is 22.7 Å². The number of amides is 1. The number of alkyl carbamates (subject to hydrolysis) is 1. The summed E-state index contributed by atoms with van der Waals surface area (Å²) < 4.78 is 43.4. The van der Waals surface area contributed by atoms with Crippen molar-refractivity contribution in [2.45, 2.75) is 57.9 Å². The van der Waals surface area contributed by atoms with E-state index in [4.69, 9.17) is 4.74 Å². The summed E-state index contributed by atoms with van der Waals surface area (Å²) in [5.41, 5.74) is -0.605. The average molecular weight is 400 g/mol. The van der Waals surface area contributed by atoms with Gasteiger partial charge in [-0.3, -0.25) is 0 Å². The number of nitrogens with zero attached hydrogens (tertiary/aromatic N) is 1. The van der Waals surface area contributed by atoms with Crippen LogP contribution in [0, 0.1) is 0 Å². The molecule has 1 amide bonds. The molecule has 2 rings (SSSR count). The van der Waals surface area contributed by atoms with Crippen molar-refractivity contribution in [2.75, 3.05) is 0 Å². The van der Waals surface area contributed by atoms with Crippen molar-refractivity contribution in [3.63, 3.8) is 0 Å². The van der Waals surface area contributed by atoms with Gasteiger partial charge in [-0.2, -0.15) is 13.2 Å². The van der Waals surface area contributed by atoms with Crippen molar-refractivity contribution in [3.8, 4) is 0 Å². The maximum Gasteiger partial charge on any atom is 0.416 e. The molecule has 1 aromatic heterocycles. The number of ether oxygens (including phenoxy) is 1. The van der Waals surface area contributed by atoms with Crippen LogP contribution in [-0.4, -0.2) is 22.7 Å². The monoisotopic (exact) mass is 400 g/mol. The van der Waals surface area contributed by atoms with E-state index in [1.165, 1.54) is 23.5 Å². The van der Waals surface area contributed by atoms with E-state index in [0.717, 1.165) is 17.1 Å². The van der Waals surface area contributed by atoms with Gasteiger partial charge in [-0.1, -0.05) is 12.1 Å². The van der Waals surface area contributed by atoms with Crippen LogP contribution in [-0.2, 0) is 23.8 Å². The minimum Gasteiger partial charge on any atom is -0.444 e. The van der Waals surface area contributed by atoms with Gasteiger partial charge in [-0.25, -0.2) is 9.78 Å². The molecule has 1 atom stereocenters. The molecule has 0 saturated carbocycles. The third-order valence-electron chi connectivity index (χ3n) is 3.67. The number of carbonyl (C=O) groups excluding carboxylic acids is 1. The SMILES string of the molecule is CC(C)(C)OC(=O)N[C@H](CCc1nccs1)Cc1ccc(C(F)(F)F)cc1. The molecule has 0 aliphatic rings. The predicted molar refractivity (Wildman–Crippen MR) is 98.7 cm³/mol. The molecule has 1 heterocycles. The van der Waals surface area contributed by atoms with Crippen LogP contribution in [0.3, 0.4) is 0 Å². The van der Waals surface area contributed by atoms with Gasteiger partial charge in [-0.15, -0.1) is 11.3 Å². The molecule has 0 saturated heterocycles. The van der Waals surface area contributed by atoms with E-state index in [1.807, 2.05) is 5.38 Å². The minimum absolute atomic E-state index is 0.277. The van der Waals surface area contributed by atoms with E-state index in [-0.39, 0.29) is 6.04 Å². The summed E-state index contributed by atoms with van der Waals surface area (Å²) in [4.78, 5) is 16.3. The Hall–Kier alpha value is -2.09. The second-order valence-corrected chi connectivity index (χ2v) is 8.19. The summed E-state index contributed by atoms with van der Waals surface area (Å²) in [6.07, 6.45) is -1.52. The second-order valence-electron chi connectivity index (χ2n) is 7.21. The molecular weight excluding hydrogens is 377 g/mol. The Bertz CT molecular complexity index is 723. The number of carbonyl (C=O) groups is 1. The van der Waals surface area contributed by atoms with Gasteiger partial charge in [0.15, 0.2) is 0 Å². The maximum absolute atomic E-state index is 12.7. The fourth-order valence-corrected chi connectivity index (χ4v) is 3.12. The zero-order valence-electron chi connectivity index (χ0n) is 15.5. The van der Waals surface area contributed by atoms with Crippen LogP contribution in [0.15, 0.2) is 35.8 Å². The van der Waals surface area contributed by atoms with Crippen LogP contribution < -0.4 is 5.32 Å². The summed E-state index contributed by atoms with van der Waals surface area (Å²) in [5.74, 6) is 0. The van der Waals surface area contributed by atoms with Crippen molar-refractivity contribution in [3.05, 3.63) is 52.0 Å². The molecule has 4 nitrogen and oxygen atoms in total. The van der Waals surface area contributed by atoms with Crippen LogP contribution in [0.2, 0.25) is 0 Å². The number of alkyl halides is 3. The molecule has 1 aromatic carbocycles. The molecule has 1 N–H and O–H groups in total. The first-order valence-corrected chi connectivity index (χ1v) is 9.45. The summed E-state index contributed by atoms with van der Waals surface area (Å²) in [7, 11) is 0. The summed E-state index contributed by atoms with van der Waals surface area (Å²) in [5, 5.41) is 5.64. The first-order valence-electron chi connectivity index (χ1n) is 8.57. The van der Waals surface area contributed by atoms with E-state index in [1.54, 1.807) is 27.0 Å². The van der Waals surface area contributed by atoms with E-state index < -0.39 is 23.4 Å². The first kappa shape index (κ1) is 21.2. The molecule has 0 radical (unpaired) electrons. The number of thiazole rings is 1. The van der Waals surface area contributed by atoms with Crippen molar-refractivity contribution in [2.24, 2.45) is 0 Å². The molecular formula is C19H23F3N2O2S. The van der Waals surface area contributed by atoms with Gasteiger partial charge in [0.25, 0.3) is 0 Å². The van der Waals surface area contributed by atoms with Crippen molar-refractivity contribution in [1.29, 1.82) is 0 Å². The predicted octanol–water partition coefficient (Wildman–Crippen LogP) is 5.23. The molecule has 27 heavy (non-hydrogen) atoms. The highest BCUT2D eigenvalue weighted by Gasteiger charge is 2.30. The van der Waals surface area contributed by atoms with Crippen molar-refractivity contribution >= 4 is 17.4 Å². The Morgan fingerprint density at radius 2 is 1.89 bits per heavy atom. The number of rotatable bonds is 6. The normalized spacial score (nSPS) is 13.3. The Morgan fingerprint density at radius 1 is 1.22 bits per heavy atom. The first-order chi connectivity index (χ1) is 12.5. The minimum atomic E-state index is -4.36. The quantitative estimate of drug-likeness (QED) is 0.722. The molecule has 8 heteroatoms. The lowest BCUT2D eigenvalue weighted by Crippen LogP contribution is -2.40. The van der Waals surface area contributed by atoms with Crippen LogP contribution in [0.5, 0.6) is 0 Å². The third-order valence-corrected chi connectivity index (χ3v) is 4.51. The third kappa shape index (κ3) is 7.58. The molecule has 148 valence electrons. The summed E-state index contributed by atoms with van der Waals surface area (Å²) in [6, 6.07) is 4.72. The van der Waals surface area contributed by atoms with Gasteiger partial charge >= 0.3 is 12.3 Å². The summed E-state index contributed by atoms with van der Waals surface area (Å²) >= 11 is 1.52. The lowest BCUT2D eigenvalue weighted by Gasteiger charge is -2.24. The molecule has 0 spiro atoms. The number of hydrogen-bond acceptors (Lipinski definition) is 4. The Balaban J connectivity index is 2.04. The van der Waals surface area contributed by atoms with Gasteiger partial charge in [0.2, 0.25) is 0 Å². The Labute approximate surface area is 160 Å². The highest BCUT2D eigenvalue weighted by Crippen LogP contribution is 2.29. The van der Waals surface area contributed by atoms with Crippen LogP contribution in [0.25, 0.3) is 0 Å². The van der Waals surface area contributed by atoms with E-state index in [2.05, 4.69) is 10.3 Å². The molecule has 0 unspecified atom stereocenters. The molecule has 0 aliphatic carbocycles. The largest absolute Gasteiger partial charge is 0.444 e. The van der Waals surface area contributed by atoms with Crippen molar-refractivity contribution in [1.82, 2.24) is 10.3 Å². The lowest BCUT2D eigenvalue weighted by molar-refractivity contribution is -0.137. The highest BCUT2D eigenvalue weighted by molar-refractivity contribution is 7.09.